The maximum Gasteiger partial charge on any atom is 0.325 e. The van der Waals surface area contributed by atoms with Crippen LogP contribution in [0.25, 0.3) is 0 Å². The number of methoxy groups -OCH3 is 1. The van der Waals surface area contributed by atoms with Crippen LogP contribution in [0, 0.1) is 0 Å². The maximum absolute atomic E-state index is 12.5. The zero-order chi connectivity index (χ0) is 15.1. The molecule has 0 N–H and O–H groups in total. The average molecular weight is 298 g/mol. The lowest BCUT2D eigenvalue weighted by atomic mass is 10.1. The molecule has 2 heterocycles. The van der Waals surface area contributed by atoms with Crippen LogP contribution in [0.5, 0.6) is 0 Å². The van der Waals surface area contributed by atoms with Crippen LogP contribution in [0.4, 0.5) is 0 Å². The number of esters is 1. The Morgan fingerprint density at radius 1 is 1.10 bits per heavy atom. The third-order valence-corrected chi connectivity index (χ3v) is 4.26. The fraction of sp³-hybridized carbons (Fsp3) is 0.867. The first-order valence-corrected chi connectivity index (χ1v) is 7.90. The lowest BCUT2D eigenvalue weighted by molar-refractivity contribution is -0.155. The molecule has 1 unspecified atom stereocenters. The summed E-state index contributed by atoms with van der Waals surface area (Å²) in [4.78, 5) is 28.1. The highest BCUT2D eigenvalue weighted by atomic mass is 16.5. The molecule has 6 heteroatoms. The van der Waals surface area contributed by atoms with E-state index in [4.69, 9.17) is 9.47 Å². The minimum atomic E-state index is -0.456. The number of morpholine rings is 1. The highest BCUT2D eigenvalue weighted by Gasteiger charge is 2.32. The smallest absolute Gasteiger partial charge is 0.325 e. The summed E-state index contributed by atoms with van der Waals surface area (Å²) in [5.74, 6) is -0.206. The summed E-state index contributed by atoms with van der Waals surface area (Å²) in [6.07, 6.45) is 5.83. The quantitative estimate of drug-likeness (QED) is 0.716. The van der Waals surface area contributed by atoms with Crippen LogP contribution < -0.4 is 0 Å². The molecule has 1 amide bonds. The van der Waals surface area contributed by atoms with Gasteiger partial charge in [0.25, 0.3) is 0 Å². The molecular weight excluding hydrogens is 272 g/mol. The Morgan fingerprint density at radius 2 is 1.76 bits per heavy atom. The van der Waals surface area contributed by atoms with Gasteiger partial charge in [-0.3, -0.25) is 14.5 Å². The molecule has 2 fully saturated rings. The van der Waals surface area contributed by atoms with Gasteiger partial charge in [-0.15, -0.1) is 0 Å². The van der Waals surface area contributed by atoms with Crippen LogP contribution in [0.2, 0.25) is 0 Å². The van der Waals surface area contributed by atoms with E-state index in [-0.39, 0.29) is 18.4 Å². The van der Waals surface area contributed by atoms with Gasteiger partial charge in [0.05, 0.1) is 26.9 Å². The van der Waals surface area contributed by atoms with E-state index in [0.717, 1.165) is 25.9 Å². The number of hydrogen-bond donors (Lipinski definition) is 0. The molecule has 21 heavy (non-hydrogen) atoms. The van der Waals surface area contributed by atoms with Gasteiger partial charge in [0.1, 0.15) is 6.04 Å². The number of amides is 1. The summed E-state index contributed by atoms with van der Waals surface area (Å²) in [5.41, 5.74) is 0. The first-order chi connectivity index (χ1) is 10.2. The van der Waals surface area contributed by atoms with Gasteiger partial charge in [-0.1, -0.05) is 19.3 Å². The largest absolute Gasteiger partial charge is 0.468 e. The molecule has 2 aliphatic rings. The summed E-state index contributed by atoms with van der Waals surface area (Å²) in [6.45, 7) is 3.42. The molecule has 0 radical (unpaired) electrons. The van der Waals surface area contributed by atoms with Crippen molar-refractivity contribution in [3.8, 4) is 0 Å². The molecule has 120 valence electrons. The van der Waals surface area contributed by atoms with Gasteiger partial charge in [0, 0.05) is 19.6 Å². The monoisotopic (exact) mass is 298 g/mol. The van der Waals surface area contributed by atoms with Crippen LogP contribution in [0.15, 0.2) is 0 Å². The van der Waals surface area contributed by atoms with E-state index in [2.05, 4.69) is 0 Å². The second-order valence-corrected chi connectivity index (χ2v) is 5.73. The number of ether oxygens (including phenoxy) is 2. The molecule has 2 saturated heterocycles. The molecule has 0 aromatic heterocycles. The van der Waals surface area contributed by atoms with Gasteiger partial charge < -0.3 is 14.4 Å². The summed E-state index contributed by atoms with van der Waals surface area (Å²) >= 11 is 0. The molecular formula is C15H26N2O4. The predicted octanol–water partition coefficient (Wildman–Crippen LogP) is 0.653. The van der Waals surface area contributed by atoms with E-state index in [1.165, 1.54) is 26.4 Å². The van der Waals surface area contributed by atoms with Crippen molar-refractivity contribution in [1.29, 1.82) is 0 Å². The summed E-state index contributed by atoms with van der Waals surface area (Å²) in [7, 11) is 1.37. The number of likely N-dealkylation sites (tertiary alicyclic amines) is 1. The second kappa shape index (κ2) is 8.34. The zero-order valence-corrected chi connectivity index (χ0v) is 12.9. The van der Waals surface area contributed by atoms with Gasteiger partial charge in [-0.25, -0.2) is 0 Å². The summed E-state index contributed by atoms with van der Waals surface area (Å²) in [5, 5.41) is 0. The predicted molar refractivity (Wildman–Crippen MR) is 77.9 cm³/mol. The molecule has 0 spiro atoms. The topological polar surface area (TPSA) is 59.1 Å². The minimum absolute atomic E-state index is 0.118. The molecule has 6 nitrogen and oxygen atoms in total. The second-order valence-electron chi connectivity index (χ2n) is 5.73. The number of nitrogens with zero attached hydrogens (tertiary/aromatic N) is 2. The van der Waals surface area contributed by atoms with E-state index in [1.807, 2.05) is 9.80 Å². The van der Waals surface area contributed by atoms with Crippen LogP contribution in [-0.4, -0.2) is 74.2 Å². The Kier molecular flexibility index (Phi) is 6.45. The number of hydrogen-bond acceptors (Lipinski definition) is 5. The molecule has 1 atom stereocenters. The van der Waals surface area contributed by atoms with Gasteiger partial charge in [-0.2, -0.15) is 0 Å². The molecule has 0 aliphatic carbocycles. The number of carbonyl (C=O) groups is 2. The van der Waals surface area contributed by atoms with Gasteiger partial charge in [0.2, 0.25) is 5.91 Å². The molecule has 2 rings (SSSR count). The molecule has 0 aromatic carbocycles. The summed E-state index contributed by atoms with van der Waals surface area (Å²) < 4.78 is 10.1. The van der Waals surface area contributed by atoms with Crippen molar-refractivity contribution in [2.45, 2.75) is 38.1 Å². The Balaban J connectivity index is 1.90. The molecule has 2 aliphatic heterocycles. The van der Waals surface area contributed by atoms with E-state index in [0.29, 0.717) is 19.8 Å². The molecule has 0 bridgehead atoms. The van der Waals surface area contributed by atoms with Crippen molar-refractivity contribution in [2.24, 2.45) is 0 Å². The lowest BCUT2D eigenvalue weighted by Crippen LogP contribution is -2.54. The Labute approximate surface area is 126 Å². The van der Waals surface area contributed by atoms with E-state index >= 15 is 0 Å². The van der Waals surface area contributed by atoms with Crippen LogP contribution in [0.1, 0.15) is 32.1 Å². The number of rotatable bonds is 3. The third-order valence-electron chi connectivity index (χ3n) is 4.26. The minimum Gasteiger partial charge on any atom is -0.468 e. The third kappa shape index (κ3) is 4.68. The summed E-state index contributed by atoms with van der Waals surface area (Å²) in [6, 6.07) is -0.456. The fourth-order valence-electron chi connectivity index (χ4n) is 2.95. The van der Waals surface area contributed by atoms with Crippen molar-refractivity contribution >= 4 is 11.9 Å². The Morgan fingerprint density at radius 3 is 2.43 bits per heavy atom. The van der Waals surface area contributed by atoms with Crippen LogP contribution >= 0.6 is 0 Å². The van der Waals surface area contributed by atoms with Gasteiger partial charge >= 0.3 is 5.97 Å². The highest BCUT2D eigenvalue weighted by molar-refractivity contribution is 5.80. The highest BCUT2D eigenvalue weighted by Crippen LogP contribution is 2.13. The maximum atomic E-state index is 12.5. The van der Waals surface area contributed by atoms with Crippen molar-refractivity contribution < 1.29 is 19.1 Å². The van der Waals surface area contributed by atoms with E-state index in [1.54, 1.807) is 0 Å². The van der Waals surface area contributed by atoms with E-state index < -0.39 is 6.04 Å². The van der Waals surface area contributed by atoms with Crippen molar-refractivity contribution in [3.63, 3.8) is 0 Å². The SMILES string of the molecule is COC(=O)C1COCCN1CC(=O)N1CCCCCCC1. The van der Waals surface area contributed by atoms with Gasteiger partial charge in [0.15, 0.2) is 0 Å². The Hall–Kier alpha value is -1.14. The van der Waals surface area contributed by atoms with Crippen LogP contribution in [0.3, 0.4) is 0 Å². The lowest BCUT2D eigenvalue weighted by Gasteiger charge is -2.35. The fourth-order valence-corrected chi connectivity index (χ4v) is 2.95. The normalized spacial score (nSPS) is 25.0. The van der Waals surface area contributed by atoms with Crippen molar-refractivity contribution in [1.82, 2.24) is 9.80 Å². The van der Waals surface area contributed by atoms with Crippen molar-refractivity contribution in [2.75, 3.05) is 46.5 Å². The van der Waals surface area contributed by atoms with E-state index in [9.17, 15) is 9.59 Å². The molecule has 0 saturated carbocycles. The first kappa shape index (κ1) is 16.2. The number of carbonyl (C=O) groups excluding carboxylic acids is 2. The van der Waals surface area contributed by atoms with Crippen molar-refractivity contribution in [3.05, 3.63) is 0 Å². The zero-order valence-electron chi connectivity index (χ0n) is 12.9. The average Bonchev–Trinajstić information content (AvgIpc) is 2.46. The standard InChI is InChI=1S/C15H26N2O4/c1-20-15(19)13-12-21-10-9-17(13)11-14(18)16-7-5-3-2-4-6-8-16/h13H,2-12H2,1H3. The van der Waals surface area contributed by atoms with Crippen LogP contribution in [-0.2, 0) is 19.1 Å². The van der Waals surface area contributed by atoms with Gasteiger partial charge in [-0.05, 0) is 12.8 Å². The Bertz CT molecular complexity index is 354. The first-order valence-electron chi connectivity index (χ1n) is 7.90. The molecule has 0 aromatic rings.